The van der Waals surface area contributed by atoms with Gasteiger partial charge in [0.2, 0.25) is 0 Å². The second-order valence-corrected chi connectivity index (χ2v) is 6.45. The van der Waals surface area contributed by atoms with Crippen LogP contribution in [0.25, 0.3) is 22.2 Å². The van der Waals surface area contributed by atoms with Crippen LogP contribution in [0.3, 0.4) is 0 Å². The third-order valence-electron chi connectivity index (χ3n) is 4.73. The van der Waals surface area contributed by atoms with E-state index in [0.717, 1.165) is 42.9 Å². The van der Waals surface area contributed by atoms with Crippen molar-refractivity contribution in [2.45, 2.75) is 19.3 Å². The molecule has 1 N–H and O–H groups in total. The largest absolute Gasteiger partial charge is 0.356 e. The van der Waals surface area contributed by atoms with Gasteiger partial charge in [-0.1, -0.05) is 30.3 Å². The van der Waals surface area contributed by atoms with Gasteiger partial charge in [0.1, 0.15) is 11.5 Å². The fraction of sp³-hybridized carbons (Fsp3) is 0.263. The Kier molecular flexibility index (Phi) is 4.12. The zero-order valence-electron chi connectivity index (χ0n) is 14.1. The first-order valence-electron chi connectivity index (χ1n) is 8.66. The smallest absolute Gasteiger partial charge is 0.334 e. The molecule has 26 heavy (non-hydrogen) atoms. The van der Waals surface area contributed by atoms with Crippen molar-refractivity contribution < 1.29 is 4.92 Å². The Hall–Kier alpha value is -3.22. The molecule has 2 aromatic heterocycles. The number of aromatic amines is 1. The van der Waals surface area contributed by atoms with Crippen LogP contribution in [0.2, 0.25) is 0 Å². The van der Waals surface area contributed by atoms with Crippen LogP contribution in [0.15, 0.2) is 47.3 Å². The molecule has 1 aromatic carbocycles. The standard InChI is InChI=1S/C19H18N4O3/c24-19-16(23(25)26)12-14-11-15(13-7-3-1-4-8-13)18(20-17(14)21-19)22-9-5-2-6-10-22/h1,3-4,7-8,11-12H,2,5-6,9-10H2,(H,20,21,24). The van der Waals surface area contributed by atoms with Gasteiger partial charge in [-0.2, -0.15) is 0 Å². The first-order valence-corrected chi connectivity index (χ1v) is 8.66. The van der Waals surface area contributed by atoms with Gasteiger partial charge >= 0.3 is 11.2 Å². The summed E-state index contributed by atoms with van der Waals surface area (Å²) in [6.07, 6.45) is 3.41. The van der Waals surface area contributed by atoms with Gasteiger partial charge in [-0.25, -0.2) is 4.98 Å². The average Bonchev–Trinajstić information content (AvgIpc) is 2.67. The van der Waals surface area contributed by atoms with Gasteiger partial charge in [0, 0.05) is 30.1 Å². The maximum Gasteiger partial charge on any atom is 0.334 e. The van der Waals surface area contributed by atoms with E-state index < -0.39 is 16.2 Å². The van der Waals surface area contributed by atoms with E-state index in [0.29, 0.717) is 11.0 Å². The van der Waals surface area contributed by atoms with Gasteiger partial charge < -0.3 is 9.88 Å². The summed E-state index contributed by atoms with van der Waals surface area (Å²) in [7, 11) is 0. The summed E-state index contributed by atoms with van der Waals surface area (Å²) in [6.45, 7) is 1.82. The zero-order chi connectivity index (χ0) is 18.1. The highest BCUT2D eigenvalue weighted by atomic mass is 16.6. The minimum absolute atomic E-state index is 0.376. The van der Waals surface area contributed by atoms with Gasteiger partial charge in [-0.3, -0.25) is 14.9 Å². The Balaban J connectivity index is 1.96. The summed E-state index contributed by atoms with van der Waals surface area (Å²) in [5.74, 6) is 0.813. The molecule has 3 aromatic rings. The molecule has 0 spiro atoms. The van der Waals surface area contributed by atoms with Crippen LogP contribution >= 0.6 is 0 Å². The normalized spacial score (nSPS) is 14.5. The molecule has 4 rings (SSSR count). The number of H-pyrrole nitrogens is 1. The van der Waals surface area contributed by atoms with Crippen molar-refractivity contribution in [3.05, 3.63) is 62.9 Å². The topological polar surface area (TPSA) is 92.1 Å². The van der Waals surface area contributed by atoms with Crippen molar-refractivity contribution in [3.63, 3.8) is 0 Å². The molecule has 0 bridgehead atoms. The molecule has 0 aliphatic carbocycles. The maximum absolute atomic E-state index is 12.0. The number of pyridine rings is 2. The van der Waals surface area contributed by atoms with Crippen LogP contribution in [0.1, 0.15) is 19.3 Å². The van der Waals surface area contributed by atoms with Crippen molar-refractivity contribution in [2.75, 3.05) is 18.0 Å². The highest BCUT2D eigenvalue weighted by Gasteiger charge is 2.20. The van der Waals surface area contributed by atoms with Crippen molar-refractivity contribution in [1.82, 2.24) is 9.97 Å². The third kappa shape index (κ3) is 2.92. The maximum atomic E-state index is 12.0. The van der Waals surface area contributed by atoms with Gasteiger partial charge in [0.15, 0.2) is 0 Å². The van der Waals surface area contributed by atoms with Crippen LogP contribution in [0.4, 0.5) is 11.5 Å². The fourth-order valence-corrected chi connectivity index (χ4v) is 3.43. The minimum Gasteiger partial charge on any atom is -0.356 e. The second-order valence-electron chi connectivity index (χ2n) is 6.45. The van der Waals surface area contributed by atoms with Crippen LogP contribution in [0, 0.1) is 10.1 Å². The Bertz CT molecular complexity index is 1020. The molecule has 0 atom stereocenters. The molecule has 7 nitrogen and oxygen atoms in total. The molecule has 7 heteroatoms. The van der Waals surface area contributed by atoms with Gasteiger partial charge in [0.25, 0.3) is 0 Å². The number of hydrogen-bond acceptors (Lipinski definition) is 5. The van der Waals surface area contributed by atoms with Crippen LogP contribution < -0.4 is 10.5 Å². The van der Waals surface area contributed by atoms with Gasteiger partial charge in [-0.15, -0.1) is 0 Å². The molecular weight excluding hydrogens is 332 g/mol. The van der Waals surface area contributed by atoms with E-state index in [-0.39, 0.29) is 0 Å². The number of piperidine rings is 1. The number of hydrogen-bond donors (Lipinski definition) is 1. The lowest BCUT2D eigenvalue weighted by Crippen LogP contribution is -2.30. The lowest BCUT2D eigenvalue weighted by molar-refractivity contribution is -0.386. The van der Waals surface area contributed by atoms with Crippen molar-refractivity contribution in [2.24, 2.45) is 0 Å². The molecule has 1 fully saturated rings. The van der Waals surface area contributed by atoms with Crippen molar-refractivity contribution >= 4 is 22.5 Å². The summed E-state index contributed by atoms with van der Waals surface area (Å²) >= 11 is 0. The Labute approximate surface area is 149 Å². The number of fused-ring (bicyclic) bond motifs is 1. The van der Waals surface area contributed by atoms with E-state index in [9.17, 15) is 14.9 Å². The molecule has 0 radical (unpaired) electrons. The number of nitro groups is 1. The first kappa shape index (κ1) is 16.3. The SMILES string of the molecule is O=c1[nH]c2nc(N3CCCCC3)c(-c3ccccc3)cc2cc1[N+](=O)[O-]. The summed E-state index contributed by atoms with van der Waals surface area (Å²) in [5, 5.41) is 11.6. The summed E-state index contributed by atoms with van der Waals surface area (Å²) in [5.41, 5.74) is 1.09. The van der Waals surface area contributed by atoms with Crippen LogP contribution in [0.5, 0.6) is 0 Å². The summed E-state index contributed by atoms with van der Waals surface area (Å²) < 4.78 is 0. The number of anilines is 1. The monoisotopic (exact) mass is 350 g/mol. The molecule has 0 saturated carbocycles. The average molecular weight is 350 g/mol. The molecular formula is C19H18N4O3. The van der Waals surface area contributed by atoms with Crippen molar-refractivity contribution in [3.8, 4) is 11.1 Å². The Morgan fingerprint density at radius 3 is 2.50 bits per heavy atom. The molecule has 132 valence electrons. The van der Waals surface area contributed by atoms with E-state index in [1.807, 2.05) is 36.4 Å². The summed E-state index contributed by atoms with van der Waals surface area (Å²) in [4.78, 5) is 31.9. The van der Waals surface area contributed by atoms with E-state index >= 15 is 0 Å². The predicted octanol–water partition coefficient (Wildman–Crippen LogP) is 3.49. The Morgan fingerprint density at radius 2 is 1.81 bits per heavy atom. The number of benzene rings is 1. The van der Waals surface area contributed by atoms with Crippen LogP contribution in [-0.4, -0.2) is 28.0 Å². The minimum atomic E-state index is -0.730. The number of nitrogens with zero attached hydrogens (tertiary/aromatic N) is 3. The predicted molar refractivity (Wildman–Crippen MR) is 101 cm³/mol. The lowest BCUT2D eigenvalue weighted by Gasteiger charge is -2.29. The highest BCUT2D eigenvalue weighted by molar-refractivity contribution is 5.88. The fourth-order valence-electron chi connectivity index (χ4n) is 3.43. The quantitative estimate of drug-likeness (QED) is 0.576. The molecule has 1 aliphatic heterocycles. The van der Waals surface area contributed by atoms with Gasteiger partial charge in [-0.05, 0) is 30.9 Å². The molecule has 1 aliphatic rings. The third-order valence-corrected chi connectivity index (χ3v) is 4.73. The first-order chi connectivity index (χ1) is 12.6. The van der Waals surface area contributed by atoms with E-state index in [1.165, 1.54) is 12.5 Å². The second kappa shape index (κ2) is 6.59. The lowest BCUT2D eigenvalue weighted by atomic mass is 10.0. The molecule has 0 amide bonds. The summed E-state index contributed by atoms with van der Waals surface area (Å²) in [6, 6.07) is 13.0. The van der Waals surface area contributed by atoms with Crippen LogP contribution in [-0.2, 0) is 0 Å². The number of aromatic nitrogens is 2. The zero-order valence-corrected chi connectivity index (χ0v) is 14.1. The number of rotatable bonds is 3. The van der Waals surface area contributed by atoms with Gasteiger partial charge in [0.05, 0.1) is 4.92 Å². The Morgan fingerprint density at radius 1 is 1.08 bits per heavy atom. The molecule has 0 unspecified atom stereocenters. The molecule has 3 heterocycles. The highest BCUT2D eigenvalue weighted by Crippen LogP contribution is 2.33. The van der Waals surface area contributed by atoms with E-state index in [4.69, 9.17) is 0 Å². The van der Waals surface area contributed by atoms with Crippen molar-refractivity contribution in [1.29, 1.82) is 0 Å². The van der Waals surface area contributed by atoms with E-state index in [2.05, 4.69) is 14.9 Å². The number of nitrogens with one attached hydrogen (secondary N) is 1. The van der Waals surface area contributed by atoms with E-state index in [1.54, 1.807) is 0 Å². The molecule has 1 saturated heterocycles.